The minimum Gasteiger partial charge on any atom is -0.385 e. The van der Waals surface area contributed by atoms with Gasteiger partial charge >= 0.3 is 0 Å². The van der Waals surface area contributed by atoms with E-state index in [9.17, 15) is 4.39 Å². The molecule has 0 aromatic heterocycles. The molecule has 0 aliphatic rings. The van der Waals surface area contributed by atoms with Crippen molar-refractivity contribution in [1.29, 1.82) is 0 Å². The average Bonchev–Trinajstić information content (AvgIpc) is 2.29. The highest BCUT2D eigenvalue weighted by Crippen LogP contribution is 2.25. The van der Waals surface area contributed by atoms with E-state index in [1.54, 1.807) is 24.9 Å². The number of ether oxygens (including phenoxy) is 1. The lowest BCUT2D eigenvalue weighted by atomic mass is 10.1. The summed E-state index contributed by atoms with van der Waals surface area (Å²) in [6.45, 7) is 1.22. The Balaban J connectivity index is 2.59. The Morgan fingerprint density at radius 3 is 2.94 bits per heavy atom. The summed E-state index contributed by atoms with van der Waals surface area (Å²) < 4.78 is 18.5. The van der Waals surface area contributed by atoms with Crippen LogP contribution in [0.3, 0.4) is 0 Å². The van der Waals surface area contributed by atoms with Gasteiger partial charge in [0, 0.05) is 29.9 Å². The summed E-state index contributed by atoms with van der Waals surface area (Å²) in [6, 6.07) is 5.18. The number of benzene rings is 1. The van der Waals surface area contributed by atoms with E-state index >= 15 is 0 Å². The van der Waals surface area contributed by atoms with Gasteiger partial charge in [0.1, 0.15) is 5.82 Å². The van der Waals surface area contributed by atoms with Gasteiger partial charge in [-0.1, -0.05) is 6.07 Å². The van der Waals surface area contributed by atoms with Crippen LogP contribution in [0.2, 0.25) is 0 Å². The smallest absolute Gasteiger partial charge is 0.127 e. The standard InChI is InChI=1S/C12H18FNOS/c1-15-8-3-9-16-12-5-2-4-11(13)10(12)6-7-14/h2,4-5H,3,6-9,14H2,1H3. The first-order valence-electron chi connectivity index (χ1n) is 5.38. The molecule has 2 nitrogen and oxygen atoms in total. The molecule has 0 fully saturated rings. The summed E-state index contributed by atoms with van der Waals surface area (Å²) in [4.78, 5) is 1.00. The largest absolute Gasteiger partial charge is 0.385 e. The third-order valence-corrected chi connectivity index (χ3v) is 3.41. The Morgan fingerprint density at radius 2 is 2.25 bits per heavy atom. The van der Waals surface area contributed by atoms with Crippen molar-refractivity contribution >= 4 is 11.8 Å². The van der Waals surface area contributed by atoms with Crippen molar-refractivity contribution in [2.45, 2.75) is 17.7 Å². The van der Waals surface area contributed by atoms with Crippen molar-refractivity contribution in [3.8, 4) is 0 Å². The van der Waals surface area contributed by atoms with Gasteiger partial charge in [-0.25, -0.2) is 4.39 Å². The molecule has 0 saturated heterocycles. The monoisotopic (exact) mass is 243 g/mol. The molecule has 0 spiro atoms. The summed E-state index contributed by atoms with van der Waals surface area (Å²) >= 11 is 1.67. The Hall–Kier alpha value is -0.580. The maximum absolute atomic E-state index is 13.5. The van der Waals surface area contributed by atoms with E-state index in [0.29, 0.717) is 13.0 Å². The molecule has 0 radical (unpaired) electrons. The van der Waals surface area contributed by atoms with Gasteiger partial charge in [-0.2, -0.15) is 0 Å². The first-order chi connectivity index (χ1) is 7.79. The zero-order valence-electron chi connectivity index (χ0n) is 9.54. The van der Waals surface area contributed by atoms with Gasteiger partial charge in [-0.15, -0.1) is 11.8 Å². The van der Waals surface area contributed by atoms with E-state index in [1.807, 2.05) is 6.07 Å². The Kier molecular flexibility index (Phi) is 6.45. The highest BCUT2D eigenvalue weighted by molar-refractivity contribution is 7.99. The van der Waals surface area contributed by atoms with Gasteiger partial charge in [0.05, 0.1) is 0 Å². The fourth-order valence-electron chi connectivity index (χ4n) is 1.45. The molecule has 2 N–H and O–H groups in total. The molecule has 0 heterocycles. The predicted octanol–water partition coefficient (Wildman–Crippen LogP) is 2.46. The number of halogens is 1. The lowest BCUT2D eigenvalue weighted by Crippen LogP contribution is -2.06. The number of methoxy groups -OCH3 is 1. The van der Waals surface area contributed by atoms with Crippen LogP contribution >= 0.6 is 11.8 Å². The minimum atomic E-state index is -0.151. The normalized spacial score (nSPS) is 10.7. The molecule has 0 unspecified atom stereocenters. The lowest BCUT2D eigenvalue weighted by Gasteiger charge is -2.09. The van der Waals surface area contributed by atoms with Crippen molar-refractivity contribution in [2.75, 3.05) is 26.0 Å². The fourth-order valence-corrected chi connectivity index (χ4v) is 2.48. The average molecular weight is 243 g/mol. The van der Waals surface area contributed by atoms with Gasteiger partial charge in [0.15, 0.2) is 0 Å². The predicted molar refractivity (Wildman–Crippen MR) is 66.4 cm³/mol. The van der Waals surface area contributed by atoms with Gasteiger partial charge in [-0.05, 0) is 31.5 Å². The van der Waals surface area contributed by atoms with Gasteiger partial charge < -0.3 is 10.5 Å². The molecule has 0 aliphatic carbocycles. The SMILES string of the molecule is COCCCSc1cccc(F)c1CCN. The second-order valence-corrected chi connectivity index (χ2v) is 4.59. The van der Waals surface area contributed by atoms with Crippen LogP contribution in [0.4, 0.5) is 4.39 Å². The van der Waals surface area contributed by atoms with E-state index in [-0.39, 0.29) is 5.82 Å². The number of nitrogens with two attached hydrogens (primary N) is 1. The fraction of sp³-hybridized carbons (Fsp3) is 0.500. The quantitative estimate of drug-likeness (QED) is 0.590. The van der Waals surface area contributed by atoms with Crippen molar-refractivity contribution in [1.82, 2.24) is 0 Å². The molecule has 0 bridgehead atoms. The van der Waals surface area contributed by atoms with Crippen molar-refractivity contribution in [3.05, 3.63) is 29.6 Å². The van der Waals surface area contributed by atoms with Crippen LogP contribution in [-0.2, 0) is 11.2 Å². The molecule has 0 atom stereocenters. The Bertz CT molecular complexity index is 320. The molecule has 1 aromatic carbocycles. The Morgan fingerprint density at radius 1 is 1.44 bits per heavy atom. The second kappa shape index (κ2) is 7.65. The molecular weight excluding hydrogens is 225 g/mol. The second-order valence-electron chi connectivity index (χ2n) is 3.45. The van der Waals surface area contributed by atoms with E-state index in [0.717, 1.165) is 29.2 Å². The van der Waals surface area contributed by atoms with Gasteiger partial charge in [-0.3, -0.25) is 0 Å². The number of thioether (sulfide) groups is 1. The van der Waals surface area contributed by atoms with E-state index in [1.165, 1.54) is 6.07 Å². The first-order valence-corrected chi connectivity index (χ1v) is 6.37. The van der Waals surface area contributed by atoms with Crippen molar-refractivity contribution < 1.29 is 9.13 Å². The molecule has 0 amide bonds. The van der Waals surface area contributed by atoms with Gasteiger partial charge in [0.25, 0.3) is 0 Å². The molecule has 0 saturated carbocycles. The van der Waals surface area contributed by atoms with Crippen LogP contribution in [0, 0.1) is 5.82 Å². The van der Waals surface area contributed by atoms with E-state index in [2.05, 4.69) is 0 Å². The molecule has 90 valence electrons. The van der Waals surface area contributed by atoms with Crippen LogP contribution in [-0.4, -0.2) is 26.0 Å². The zero-order valence-corrected chi connectivity index (χ0v) is 10.4. The van der Waals surface area contributed by atoms with E-state index < -0.39 is 0 Å². The summed E-state index contributed by atoms with van der Waals surface area (Å²) in [5.74, 6) is 0.789. The third-order valence-electron chi connectivity index (χ3n) is 2.22. The van der Waals surface area contributed by atoms with Crippen LogP contribution < -0.4 is 5.73 Å². The van der Waals surface area contributed by atoms with Gasteiger partial charge in [0.2, 0.25) is 0 Å². The first kappa shape index (κ1) is 13.5. The summed E-state index contributed by atoms with van der Waals surface area (Å²) in [7, 11) is 1.69. The molecule has 1 rings (SSSR count). The third kappa shape index (κ3) is 4.12. The van der Waals surface area contributed by atoms with Crippen LogP contribution in [0.15, 0.2) is 23.1 Å². The molecule has 16 heavy (non-hydrogen) atoms. The van der Waals surface area contributed by atoms with Crippen molar-refractivity contribution in [2.24, 2.45) is 5.73 Å². The van der Waals surface area contributed by atoms with Crippen LogP contribution in [0.1, 0.15) is 12.0 Å². The summed E-state index contributed by atoms with van der Waals surface area (Å²) in [6.07, 6.45) is 1.57. The lowest BCUT2D eigenvalue weighted by molar-refractivity contribution is 0.200. The highest BCUT2D eigenvalue weighted by atomic mass is 32.2. The number of hydrogen-bond donors (Lipinski definition) is 1. The maximum Gasteiger partial charge on any atom is 0.127 e. The zero-order chi connectivity index (χ0) is 11.8. The summed E-state index contributed by atoms with van der Waals surface area (Å²) in [5, 5.41) is 0. The molecule has 4 heteroatoms. The molecule has 1 aromatic rings. The minimum absolute atomic E-state index is 0.151. The number of rotatable bonds is 7. The topological polar surface area (TPSA) is 35.2 Å². The molecule has 0 aliphatic heterocycles. The van der Waals surface area contributed by atoms with Crippen molar-refractivity contribution in [3.63, 3.8) is 0 Å². The van der Waals surface area contributed by atoms with Crippen LogP contribution in [0.25, 0.3) is 0 Å². The van der Waals surface area contributed by atoms with Crippen LogP contribution in [0.5, 0.6) is 0 Å². The van der Waals surface area contributed by atoms with E-state index in [4.69, 9.17) is 10.5 Å². The summed E-state index contributed by atoms with van der Waals surface area (Å²) in [5.41, 5.74) is 6.22. The highest BCUT2D eigenvalue weighted by Gasteiger charge is 2.07. The maximum atomic E-state index is 13.5. The number of hydrogen-bond acceptors (Lipinski definition) is 3. The Labute approximate surface area is 100 Å². The molecular formula is C12H18FNOS.